The molecule has 0 amide bonds. The molecule has 2 heterocycles. The van der Waals surface area contributed by atoms with E-state index < -0.39 is 0 Å². The van der Waals surface area contributed by atoms with Crippen molar-refractivity contribution >= 4 is 0 Å². The Morgan fingerprint density at radius 1 is 0.852 bits per heavy atom. The molecular weight excluding hydrogens is 328 g/mol. The van der Waals surface area contributed by atoms with E-state index in [0.717, 1.165) is 5.92 Å². The van der Waals surface area contributed by atoms with E-state index in [-0.39, 0.29) is 1.43 Å². The minimum Gasteiger partial charge on any atom is -0.261 e. The molecule has 1 aliphatic rings. The molecule has 3 unspecified atom stereocenters. The number of aromatic nitrogens is 2. The summed E-state index contributed by atoms with van der Waals surface area (Å²) in [7, 11) is 0. The Balaban J connectivity index is 0.00000127. The summed E-state index contributed by atoms with van der Waals surface area (Å²) in [6, 6.07) is 8.54. The maximum Gasteiger partial charge on any atom is 0.0466 e. The molecule has 150 valence electrons. The summed E-state index contributed by atoms with van der Waals surface area (Å²) in [5.74, 6) is 3.06. The van der Waals surface area contributed by atoms with E-state index in [0.29, 0.717) is 23.7 Å². The Bertz CT molecular complexity index is 656. The van der Waals surface area contributed by atoms with Gasteiger partial charge in [-0.25, -0.2) is 0 Å². The Hall–Kier alpha value is -1.70. The first-order valence-electron chi connectivity index (χ1n) is 10.9. The van der Waals surface area contributed by atoms with E-state index >= 15 is 0 Å². The summed E-state index contributed by atoms with van der Waals surface area (Å²) >= 11 is 0. The van der Waals surface area contributed by atoms with Crippen LogP contribution in [0.4, 0.5) is 0 Å². The van der Waals surface area contributed by atoms with Gasteiger partial charge in [0.15, 0.2) is 0 Å². The molecule has 0 aliphatic heterocycles. The van der Waals surface area contributed by atoms with Crippen LogP contribution in [0.3, 0.4) is 0 Å². The van der Waals surface area contributed by atoms with Gasteiger partial charge in [-0.1, -0.05) is 53.2 Å². The summed E-state index contributed by atoms with van der Waals surface area (Å²) in [6.45, 7) is 15.6. The molecular formula is C25H40N2. The second-order valence-corrected chi connectivity index (χ2v) is 8.09. The summed E-state index contributed by atoms with van der Waals surface area (Å²) < 4.78 is 0. The zero-order valence-corrected chi connectivity index (χ0v) is 18.4. The summed E-state index contributed by atoms with van der Waals surface area (Å²) in [5, 5.41) is 0. The van der Waals surface area contributed by atoms with Gasteiger partial charge in [-0.3, -0.25) is 9.97 Å². The number of nitrogens with zero attached hydrogens (tertiary/aromatic N) is 2. The van der Waals surface area contributed by atoms with E-state index in [4.69, 9.17) is 9.97 Å². The predicted molar refractivity (Wildman–Crippen MR) is 118 cm³/mol. The molecule has 2 aromatic heterocycles. The average molecular weight is 369 g/mol. The highest BCUT2D eigenvalue weighted by Gasteiger charge is 2.38. The van der Waals surface area contributed by atoms with Crippen LogP contribution < -0.4 is 0 Å². The topological polar surface area (TPSA) is 25.8 Å². The molecule has 0 aromatic carbocycles. The van der Waals surface area contributed by atoms with Crippen molar-refractivity contribution in [2.75, 3.05) is 0 Å². The highest BCUT2D eigenvalue weighted by molar-refractivity contribution is 5.26. The van der Waals surface area contributed by atoms with E-state index in [1.54, 1.807) is 0 Å². The molecule has 2 aromatic rings. The predicted octanol–water partition coefficient (Wildman–Crippen LogP) is 7.33. The van der Waals surface area contributed by atoms with Crippen LogP contribution >= 0.6 is 0 Å². The normalized spacial score (nSPS) is 28.0. The number of aryl methyl sites for hydroxylation is 2. The zero-order chi connectivity index (χ0) is 20.0. The molecule has 5 atom stereocenters. The van der Waals surface area contributed by atoms with Crippen molar-refractivity contribution in [2.45, 2.75) is 79.6 Å². The number of hydrogen-bond acceptors (Lipinski definition) is 2. The molecule has 27 heavy (non-hydrogen) atoms. The van der Waals surface area contributed by atoms with Crippen molar-refractivity contribution in [3.63, 3.8) is 0 Å². The largest absolute Gasteiger partial charge is 0.261 e. The van der Waals surface area contributed by atoms with Gasteiger partial charge in [-0.2, -0.15) is 0 Å². The van der Waals surface area contributed by atoms with E-state index in [1.165, 1.54) is 41.8 Å². The summed E-state index contributed by atoms with van der Waals surface area (Å²) in [5.41, 5.74) is 5.32. The van der Waals surface area contributed by atoms with E-state index in [2.05, 4.69) is 58.9 Å². The first-order valence-corrected chi connectivity index (χ1v) is 10.9. The lowest BCUT2D eigenvalue weighted by Crippen LogP contribution is -2.22. The van der Waals surface area contributed by atoms with Gasteiger partial charge in [0.05, 0.1) is 0 Å². The van der Waals surface area contributed by atoms with Gasteiger partial charge in [-0.05, 0) is 67.7 Å². The second kappa shape index (κ2) is 10.0. The Kier molecular flexibility index (Phi) is 8.01. The Labute approximate surface area is 168 Å². The fourth-order valence-electron chi connectivity index (χ4n) is 4.80. The Morgan fingerprint density at radius 3 is 1.59 bits per heavy atom. The monoisotopic (exact) mass is 368 g/mol. The van der Waals surface area contributed by atoms with Crippen LogP contribution in [0.2, 0.25) is 0 Å². The third-order valence-electron chi connectivity index (χ3n) is 6.65. The van der Waals surface area contributed by atoms with Crippen LogP contribution in [0.15, 0.2) is 36.7 Å². The minimum atomic E-state index is 0. The molecule has 0 N–H and O–H groups in total. The first-order chi connectivity index (χ1) is 13.0. The van der Waals surface area contributed by atoms with Crippen LogP contribution in [0, 0.1) is 31.6 Å². The molecule has 0 radical (unpaired) electrons. The quantitative estimate of drug-likeness (QED) is 0.530. The van der Waals surface area contributed by atoms with Gasteiger partial charge in [0.25, 0.3) is 0 Å². The molecule has 0 saturated heterocycles. The highest BCUT2D eigenvalue weighted by Crippen LogP contribution is 2.48. The lowest BCUT2D eigenvalue weighted by atomic mass is 9.75. The van der Waals surface area contributed by atoms with Gasteiger partial charge >= 0.3 is 0 Å². The van der Waals surface area contributed by atoms with Crippen molar-refractivity contribution in [1.29, 1.82) is 0 Å². The lowest BCUT2D eigenvalue weighted by molar-refractivity contribution is 0.292. The van der Waals surface area contributed by atoms with Gasteiger partial charge in [0.1, 0.15) is 0 Å². The number of pyridine rings is 2. The molecule has 0 spiro atoms. The number of rotatable bonds is 3. The van der Waals surface area contributed by atoms with Crippen LogP contribution in [-0.4, -0.2) is 9.97 Å². The van der Waals surface area contributed by atoms with E-state index in [9.17, 15) is 0 Å². The smallest absolute Gasteiger partial charge is 0.0466 e. The van der Waals surface area contributed by atoms with Crippen molar-refractivity contribution < 1.29 is 1.43 Å². The summed E-state index contributed by atoms with van der Waals surface area (Å²) in [6.07, 6.45) is 7.67. The third-order valence-corrected chi connectivity index (χ3v) is 6.65. The van der Waals surface area contributed by atoms with E-state index in [1.807, 2.05) is 26.2 Å². The molecule has 1 aliphatic carbocycles. The Morgan fingerprint density at radius 2 is 1.26 bits per heavy atom. The van der Waals surface area contributed by atoms with Crippen molar-refractivity contribution in [3.05, 3.63) is 59.2 Å². The lowest BCUT2D eigenvalue weighted by Gasteiger charge is -2.31. The maximum atomic E-state index is 4.80. The average Bonchev–Trinajstić information content (AvgIpc) is 2.82. The molecule has 3 rings (SSSR count). The highest BCUT2D eigenvalue weighted by atomic mass is 14.7. The minimum absolute atomic E-state index is 0. The first kappa shape index (κ1) is 21.6. The molecule has 1 fully saturated rings. The van der Waals surface area contributed by atoms with Crippen LogP contribution in [0.5, 0.6) is 0 Å². The second-order valence-electron chi connectivity index (χ2n) is 8.09. The standard InChI is InChI=1S/C23H32N2.C2H6.H2/c1-6-19-13-20(22-15(2)9-7-11-24-22)17(4)18(5)21(14-19)23-16(3)10-8-12-25-23;1-2;/h7-12,17-21H,6,13-14H2,1-5H3;1-2H3;1H/t17?,18?,19?,20-,21+;;. The van der Waals surface area contributed by atoms with Gasteiger partial charge in [0, 0.05) is 37.0 Å². The molecule has 0 bridgehead atoms. The third kappa shape index (κ3) is 4.78. The molecule has 2 nitrogen and oxygen atoms in total. The van der Waals surface area contributed by atoms with Crippen LogP contribution in [0.25, 0.3) is 0 Å². The van der Waals surface area contributed by atoms with Crippen LogP contribution in [-0.2, 0) is 0 Å². The molecule has 2 heteroatoms. The van der Waals surface area contributed by atoms with Gasteiger partial charge in [-0.15, -0.1) is 0 Å². The van der Waals surface area contributed by atoms with Crippen LogP contribution in [0.1, 0.15) is 89.7 Å². The fraction of sp³-hybridized carbons (Fsp3) is 0.600. The zero-order valence-electron chi connectivity index (χ0n) is 18.4. The maximum absolute atomic E-state index is 4.80. The molecule has 1 saturated carbocycles. The van der Waals surface area contributed by atoms with Gasteiger partial charge in [0.2, 0.25) is 0 Å². The summed E-state index contributed by atoms with van der Waals surface area (Å²) in [4.78, 5) is 9.59. The van der Waals surface area contributed by atoms with Crippen molar-refractivity contribution in [3.8, 4) is 0 Å². The van der Waals surface area contributed by atoms with Gasteiger partial charge < -0.3 is 0 Å². The van der Waals surface area contributed by atoms with Crippen molar-refractivity contribution in [2.24, 2.45) is 17.8 Å². The SMILES string of the molecule is CC.CCC1C[C@H](c2ncccc2C)C(C)C(C)[C@H](c2ncccc2C)C1.[HH]. The fourth-order valence-corrected chi connectivity index (χ4v) is 4.80. The van der Waals surface area contributed by atoms with Crippen molar-refractivity contribution in [1.82, 2.24) is 9.97 Å². The number of hydrogen-bond donors (Lipinski definition) is 0.